The molecular formula is C15H15NO5. The van der Waals surface area contributed by atoms with E-state index in [1.807, 2.05) is 30.3 Å². The van der Waals surface area contributed by atoms with Crippen molar-refractivity contribution in [2.45, 2.75) is 6.10 Å². The minimum absolute atomic E-state index is 0.0622. The number of nitrogens with zero attached hydrogens (tertiary/aromatic N) is 1. The normalized spacial score (nSPS) is 11.9. The molecule has 0 aliphatic carbocycles. The number of aliphatic hydroxyl groups is 2. The van der Waals surface area contributed by atoms with Crippen LogP contribution in [-0.4, -0.2) is 34.5 Å². The summed E-state index contributed by atoms with van der Waals surface area (Å²) < 4.78 is 5.19. The number of aliphatic hydroxyl groups excluding tert-OH is 2. The molecule has 21 heavy (non-hydrogen) atoms. The minimum atomic E-state index is -1.07. The summed E-state index contributed by atoms with van der Waals surface area (Å²) in [5.74, 6) is 0.0622. The first-order chi connectivity index (χ1) is 10.1. The van der Waals surface area contributed by atoms with Gasteiger partial charge in [-0.05, 0) is 17.2 Å². The predicted molar refractivity (Wildman–Crippen MR) is 77.1 cm³/mol. The molecule has 0 spiro atoms. The second-order valence-electron chi connectivity index (χ2n) is 4.45. The van der Waals surface area contributed by atoms with E-state index in [1.54, 1.807) is 6.07 Å². The molecule has 2 aromatic rings. The Kier molecular flexibility index (Phi) is 4.86. The zero-order chi connectivity index (χ0) is 15.2. The zero-order valence-electron chi connectivity index (χ0n) is 11.2. The maximum atomic E-state index is 11.1. The number of benzene rings is 2. The molecule has 0 bridgehead atoms. The molecule has 0 unspecified atom stereocenters. The number of hydrogen-bond acceptors (Lipinski definition) is 5. The summed E-state index contributed by atoms with van der Waals surface area (Å²) in [6.07, 6.45) is -1.07. The average Bonchev–Trinajstić information content (AvgIpc) is 2.53. The number of ether oxygens (including phenoxy) is 1. The molecule has 0 saturated heterocycles. The number of rotatable bonds is 6. The van der Waals surface area contributed by atoms with Crippen LogP contribution in [0.1, 0.15) is 0 Å². The van der Waals surface area contributed by atoms with Crippen LogP contribution in [0.2, 0.25) is 0 Å². The zero-order valence-corrected chi connectivity index (χ0v) is 11.2. The molecule has 2 aromatic carbocycles. The molecule has 0 fully saturated rings. The van der Waals surface area contributed by atoms with Gasteiger partial charge in [-0.3, -0.25) is 10.1 Å². The molecule has 0 saturated carbocycles. The highest BCUT2D eigenvalue weighted by Gasteiger charge is 2.17. The van der Waals surface area contributed by atoms with Crippen molar-refractivity contribution in [1.29, 1.82) is 0 Å². The summed E-state index contributed by atoms with van der Waals surface area (Å²) in [7, 11) is 0. The molecule has 0 aliphatic rings. The lowest BCUT2D eigenvalue weighted by Gasteiger charge is -2.11. The molecule has 0 aromatic heterocycles. The van der Waals surface area contributed by atoms with Gasteiger partial charge in [0.2, 0.25) is 0 Å². The highest BCUT2D eigenvalue weighted by atomic mass is 16.6. The summed E-state index contributed by atoms with van der Waals surface area (Å²) in [4.78, 5) is 10.6. The van der Waals surface area contributed by atoms with E-state index in [0.29, 0.717) is 5.56 Å². The Morgan fingerprint density at radius 2 is 1.86 bits per heavy atom. The van der Waals surface area contributed by atoms with Gasteiger partial charge in [-0.2, -0.15) is 0 Å². The van der Waals surface area contributed by atoms with Gasteiger partial charge in [0.15, 0.2) is 5.75 Å². The van der Waals surface area contributed by atoms with Crippen molar-refractivity contribution in [3.63, 3.8) is 0 Å². The number of nitro benzene ring substituents is 1. The van der Waals surface area contributed by atoms with Crippen molar-refractivity contribution in [2.75, 3.05) is 13.2 Å². The Bertz CT molecular complexity index is 615. The van der Waals surface area contributed by atoms with Crippen molar-refractivity contribution in [3.8, 4) is 16.9 Å². The maximum Gasteiger partial charge on any atom is 0.311 e. The lowest BCUT2D eigenvalue weighted by molar-refractivity contribution is -0.385. The monoisotopic (exact) mass is 289 g/mol. The van der Waals surface area contributed by atoms with Crippen molar-refractivity contribution in [3.05, 3.63) is 58.6 Å². The van der Waals surface area contributed by atoms with E-state index in [4.69, 9.17) is 9.84 Å². The van der Waals surface area contributed by atoms with Gasteiger partial charge in [0.25, 0.3) is 0 Å². The van der Waals surface area contributed by atoms with Crippen LogP contribution in [0, 0.1) is 10.1 Å². The van der Waals surface area contributed by atoms with Crippen LogP contribution in [0.3, 0.4) is 0 Å². The fourth-order valence-electron chi connectivity index (χ4n) is 1.83. The van der Waals surface area contributed by atoms with E-state index in [9.17, 15) is 15.2 Å². The van der Waals surface area contributed by atoms with Crippen molar-refractivity contribution < 1.29 is 19.9 Å². The number of nitro groups is 1. The first kappa shape index (κ1) is 15.0. The molecule has 6 nitrogen and oxygen atoms in total. The van der Waals surface area contributed by atoms with Gasteiger partial charge in [0.1, 0.15) is 12.7 Å². The van der Waals surface area contributed by atoms with Gasteiger partial charge in [0.05, 0.1) is 11.5 Å². The SMILES string of the molecule is O=[N+]([O-])c1cc(-c2ccccc2)ccc1OC[C@@H](O)CO. The van der Waals surface area contributed by atoms with Gasteiger partial charge in [0, 0.05) is 6.07 Å². The molecule has 0 amide bonds. The summed E-state index contributed by atoms with van der Waals surface area (Å²) >= 11 is 0. The molecule has 1 atom stereocenters. The standard InChI is InChI=1S/C15H15NO5/c17-9-13(18)10-21-15-7-6-12(8-14(15)16(19)20)11-4-2-1-3-5-11/h1-8,13,17-18H,9-10H2/t13-/m0/s1. The second kappa shape index (κ2) is 6.83. The third kappa shape index (κ3) is 3.77. The van der Waals surface area contributed by atoms with Gasteiger partial charge in [-0.15, -0.1) is 0 Å². The van der Waals surface area contributed by atoms with Gasteiger partial charge >= 0.3 is 5.69 Å². The van der Waals surface area contributed by atoms with Crippen molar-refractivity contribution in [1.82, 2.24) is 0 Å². The first-order valence-corrected chi connectivity index (χ1v) is 6.37. The highest BCUT2D eigenvalue weighted by molar-refractivity contribution is 5.68. The Morgan fingerprint density at radius 3 is 2.48 bits per heavy atom. The Labute approximate surface area is 121 Å². The first-order valence-electron chi connectivity index (χ1n) is 6.37. The largest absolute Gasteiger partial charge is 0.484 e. The molecule has 0 aliphatic heterocycles. The third-order valence-corrected chi connectivity index (χ3v) is 2.90. The van der Waals surface area contributed by atoms with E-state index in [-0.39, 0.29) is 18.0 Å². The predicted octanol–water partition coefficient (Wildman–Crippen LogP) is 1.99. The molecule has 2 N–H and O–H groups in total. The van der Waals surface area contributed by atoms with Crippen LogP contribution in [0.5, 0.6) is 5.75 Å². The van der Waals surface area contributed by atoms with Gasteiger partial charge in [-0.25, -0.2) is 0 Å². The molecule has 0 heterocycles. The van der Waals surface area contributed by atoms with E-state index in [1.165, 1.54) is 12.1 Å². The summed E-state index contributed by atoms with van der Waals surface area (Å²) in [6, 6.07) is 13.9. The third-order valence-electron chi connectivity index (χ3n) is 2.90. The summed E-state index contributed by atoms with van der Waals surface area (Å²) in [5.41, 5.74) is 1.39. The van der Waals surface area contributed by atoms with Crippen LogP contribution in [0.4, 0.5) is 5.69 Å². The lowest BCUT2D eigenvalue weighted by Crippen LogP contribution is -2.21. The van der Waals surface area contributed by atoms with Crippen molar-refractivity contribution in [2.24, 2.45) is 0 Å². The van der Waals surface area contributed by atoms with E-state index in [0.717, 1.165) is 5.56 Å². The molecule has 6 heteroatoms. The van der Waals surface area contributed by atoms with Crippen molar-refractivity contribution >= 4 is 5.69 Å². The Morgan fingerprint density at radius 1 is 1.14 bits per heavy atom. The summed E-state index contributed by atoms with van der Waals surface area (Å²) in [5, 5.41) is 29.1. The quantitative estimate of drug-likeness (QED) is 0.626. The van der Waals surface area contributed by atoms with Crippen LogP contribution in [-0.2, 0) is 0 Å². The van der Waals surface area contributed by atoms with Crippen LogP contribution < -0.4 is 4.74 Å². The molecule has 110 valence electrons. The topological polar surface area (TPSA) is 92.8 Å². The lowest BCUT2D eigenvalue weighted by atomic mass is 10.0. The molecular weight excluding hydrogens is 274 g/mol. The summed E-state index contributed by atoms with van der Waals surface area (Å²) in [6.45, 7) is -0.669. The van der Waals surface area contributed by atoms with Gasteiger partial charge < -0.3 is 14.9 Å². The second-order valence-corrected chi connectivity index (χ2v) is 4.45. The van der Waals surface area contributed by atoms with Crippen LogP contribution in [0.25, 0.3) is 11.1 Å². The maximum absolute atomic E-state index is 11.1. The number of hydrogen-bond donors (Lipinski definition) is 2. The van der Waals surface area contributed by atoms with E-state index >= 15 is 0 Å². The Hall–Kier alpha value is -2.44. The fraction of sp³-hybridized carbons (Fsp3) is 0.200. The highest BCUT2D eigenvalue weighted by Crippen LogP contribution is 2.32. The molecule has 0 radical (unpaired) electrons. The van der Waals surface area contributed by atoms with Crippen LogP contribution in [0.15, 0.2) is 48.5 Å². The molecule has 2 rings (SSSR count). The van der Waals surface area contributed by atoms with E-state index in [2.05, 4.69) is 0 Å². The smallest absolute Gasteiger partial charge is 0.311 e. The Balaban J connectivity index is 2.29. The van der Waals surface area contributed by atoms with Gasteiger partial charge in [-0.1, -0.05) is 36.4 Å². The fourth-order valence-corrected chi connectivity index (χ4v) is 1.83. The van der Waals surface area contributed by atoms with Crippen LogP contribution >= 0.6 is 0 Å². The minimum Gasteiger partial charge on any atom is -0.484 e. The average molecular weight is 289 g/mol. The van der Waals surface area contributed by atoms with E-state index < -0.39 is 17.6 Å².